The van der Waals surface area contributed by atoms with Gasteiger partial charge in [-0.05, 0) is 29.7 Å². The molecule has 30 heavy (non-hydrogen) atoms. The molecule has 0 bridgehead atoms. The fourth-order valence-electron chi connectivity index (χ4n) is 2.98. The summed E-state index contributed by atoms with van der Waals surface area (Å²) < 4.78 is 53.4. The van der Waals surface area contributed by atoms with Gasteiger partial charge in [-0.2, -0.15) is 0 Å². The molecule has 0 spiro atoms. The second-order valence-corrected chi connectivity index (χ2v) is 11.0. The van der Waals surface area contributed by atoms with Crippen LogP contribution in [0, 0.1) is 0 Å². The summed E-state index contributed by atoms with van der Waals surface area (Å²) in [7, 11) is -7.24. The normalized spacial score (nSPS) is 13.2. The minimum Gasteiger partial charge on any atom is -0.490 e. The Morgan fingerprint density at radius 2 is 1.63 bits per heavy atom. The number of sulfone groups is 2. The van der Waals surface area contributed by atoms with E-state index in [4.69, 9.17) is 4.74 Å². The molecule has 7 nitrogen and oxygen atoms in total. The van der Waals surface area contributed by atoms with E-state index in [9.17, 15) is 21.9 Å². The number of fused-ring (bicyclic) bond motifs is 1. The van der Waals surface area contributed by atoms with Crippen LogP contribution < -0.4 is 10.1 Å². The Labute approximate surface area is 176 Å². The van der Waals surface area contributed by atoms with Gasteiger partial charge >= 0.3 is 0 Å². The van der Waals surface area contributed by atoms with Gasteiger partial charge in [-0.1, -0.05) is 36.4 Å². The van der Waals surface area contributed by atoms with E-state index in [0.29, 0.717) is 5.75 Å². The fourth-order valence-corrected chi connectivity index (χ4v) is 4.58. The van der Waals surface area contributed by atoms with Crippen LogP contribution in [0.5, 0.6) is 5.75 Å². The van der Waals surface area contributed by atoms with Gasteiger partial charge in [0, 0.05) is 24.4 Å². The standard InChI is InChI=1S/C21H23NO6S2/c1-29(24,25)17-10-11-19(21(12-17)30(2,26)27)22-13-16(23)14-28-20-9-5-7-15-6-3-4-8-18(15)20/h3-12,16,22-23H,13-14H2,1-2H3. The van der Waals surface area contributed by atoms with E-state index in [1.54, 1.807) is 0 Å². The summed E-state index contributed by atoms with van der Waals surface area (Å²) in [5.41, 5.74) is 0.217. The zero-order valence-corrected chi connectivity index (χ0v) is 18.2. The van der Waals surface area contributed by atoms with Crippen molar-refractivity contribution in [3.05, 3.63) is 60.7 Å². The highest BCUT2D eigenvalue weighted by Gasteiger charge is 2.18. The van der Waals surface area contributed by atoms with Gasteiger partial charge in [-0.3, -0.25) is 0 Å². The number of aliphatic hydroxyl groups excluding tert-OH is 1. The van der Waals surface area contributed by atoms with Gasteiger partial charge in [0.25, 0.3) is 0 Å². The first-order valence-electron chi connectivity index (χ1n) is 9.12. The maximum atomic E-state index is 12.1. The summed E-state index contributed by atoms with van der Waals surface area (Å²) in [6.07, 6.45) is 1.08. The van der Waals surface area contributed by atoms with Crippen molar-refractivity contribution in [1.29, 1.82) is 0 Å². The zero-order chi connectivity index (χ0) is 21.9. The van der Waals surface area contributed by atoms with E-state index < -0.39 is 25.8 Å². The van der Waals surface area contributed by atoms with Crippen LogP contribution in [0.4, 0.5) is 5.69 Å². The van der Waals surface area contributed by atoms with Gasteiger partial charge in [-0.25, -0.2) is 16.8 Å². The molecule has 0 aliphatic heterocycles. The molecule has 1 unspecified atom stereocenters. The third-order valence-corrected chi connectivity index (χ3v) is 6.74. The lowest BCUT2D eigenvalue weighted by Crippen LogP contribution is -2.27. The lowest BCUT2D eigenvalue weighted by atomic mass is 10.1. The summed E-state index contributed by atoms with van der Waals surface area (Å²) in [6, 6.07) is 17.2. The average molecular weight is 450 g/mol. The number of hydrogen-bond acceptors (Lipinski definition) is 7. The van der Waals surface area contributed by atoms with Crippen LogP contribution in [0.3, 0.4) is 0 Å². The molecule has 0 saturated carbocycles. The summed E-state index contributed by atoms with van der Waals surface area (Å²) >= 11 is 0. The molecular formula is C21H23NO6S2. The van der Waals surface area contributed by atoms with Gasteiger partial charge in [0.1, 0.15) is 18.5 Å². The second kappa shape index (κ2) is 8.63. The molecule has 160 valence electrons. The minimum atomic E-state index is -3.68. The fraction of sp³-hybridized carbons (Fsp3) is 0.238. The van der Waals surface area contributed by atoms with Crippen molar-refractivity contribution >= 4 is 36.1 Å². The predicted octanol–water partition coefficient (Wildman–Crippen LogP) is 2.50. The largest absolute Gasteiger partial charge is 0.490 e. The van der Waals surface area contributed by atoms with Crippen LogP contribution in [0.25, 0.3) is 10.8 Å². The SMILES string of the molecule is CS(=O)(=O)c1ccc(NCC(O)COc2cccc3ccccc23)c(S(C)(=O)=O)c1. The lowest BCUT2D eigenvalue weighted by molar-refractivity contribution is 0.118. The Bertz CT molecular complexity index is 1260. The van der Waals surface area contributed by atoms with Gasteiger partial charge in [0.2, 0.25) is 0 Å². The van der Waals surface area contributed by atoms with Crippen molar-refractivity contribution in [2.45, 2.75) is 15.9 Å². The molecule has 0 radical (unpaired) electrons. The van der Waals surface area contributed by atoms with Crippen molar-refractivity contribution in [3.63, 3.8) is 0 Å². The molecule has 3 aromatic carbocycles. The maximum absolute atomic E-state index is 12.1. The first kappa shape index (κ1) is 22.1. The van der Waals surface area contributed by atoms with E-state index in [-0.39, 0.29) is 28.6 Å². The molecule has 0 aliphatic rings. The molecule has 0 saturated heterocycles. The summed E-state index contributed by atoms with van der Waals surface area (Å²) in [4.78, 5) is -0.235. The van der Waals surface area contributed by atoms with Crippen LogP contribution in [0.2, 0.25) is 0 Å². The molecule has 0 heterocycles. The number of rotatable bonds is 8. The lowest BCUT2D eigenvalue weighted by Gasteiger charge is -2.17. The molecule has 3 aromatic rings. The van der Waals surface area contributed by atoms with Gasteiger partial charge in [0.15, 0.2) is 19.7 Å². The van der Waals surface area contributed by atoms with Crippen LogP contribution in [0.15, 0.2) is 70.5 Å². The van der Waals surface area contributed by atoms with Crippen LogP contribution in [0.1, 0.15) is 0 Å². The Kier molecular flexibility index (Phi) is 6.35. The number of benzene rings is 3. The van der Waals surface area contributed by atoms with Crippen molar-refractivity contribution in [2.75, 3.05) is 31.0 Å². The third kappa shape index (κ3) is 5.29. The highest BCUT2D eigenvalue weighted by molar-refractivity contribution is 7.91. The maximum Gasteiger partial charge on any atom is 0.177 e. The predicted molar refractivity (Wildman–Crippen MR) is 117 cm³/mol. The van der Waals surface area contributed by atoms with Gasteiger partial charge in [-0.15, -0.1) is 0 Å². The van der Waals surface area contributed by atoms with Gasteiger partial charge < -0.3 is 15.2 Å². The number of nitrogens with one attached hydrogen (secondary N) is 1. The topological polar surface area (TPSA) is 110 Å². The average Bonchev–Trinajstić information content (AvgIpc) is 2.69. The Morgan fingerprint density at radius 1 is 0.933 bits per heavy atom. The highest BCUT2D eigenvalue weighted by atomic mass is 32.2. The van der Waals surface area contributed by atoms with E-state index in [0.717, 1.165) is 29.4 Å². The zero-order valence-electron chi connectivity index (χ0n) is 16.6. The molecule has 2 N–H and O–H groups in total. The van der Waals surface area contributed by atoms with Crippen LogP contribution in [-0.4, -0.2) is 53.7 Å². The number of anilines is 1. The van der Waals surface area contributed by atoms with E-state index in [1.807, 2.05) is 42.5 Å². The first-order valence-corrected chi connectivity index (χ1v) is 12.9. The highest BCUT2D eigenvalue weighted by Crippen LogP contribution is 2.26. The van der Waals surface area contributed by atoms with E-state index >= 15 is 0 Å². The Morgan fingerprint density at radius 3 is 2.33 bits per heavy atom. The smallest absolute Gasteiger partial charge is 0.177 e. The van der Waals surface area contributed by atoms with Crippen LogP contribution in [-0.2, 0) is 19.7 Å². The number of hydrogen-bond donors (Lipinski definition) is 2. The number of ether oxygens (including phenoxy) is 1. The molecule has 0 aromatic heterocycles. The van der Waals surface area contributed by atoms with Crippen molar-refractivity contribution in [1.82, 2.24) is 0 Å². The molecule has 0 amide bonds. The molecule has 0 aliphatic carbocycles. The van der Waals surface area contributed by atoms with Gasteiger partial charge in [0.05, 0.1) is 15.5 Å². The molecular weight excluding hydrogens is 426 g/mol. The minimum absolute atomic E-state index is 0.00333. The van der Waals surface area contributed by atoms with E-state index in [2.05, 4.69) is 5.32 Å². The van der Waals surface area contributed by atoms with Crippen molar-refractivity contribution < 1.29 is 26.7 Å². The second-order valence-electron chi connectivity index (χ2n) is 7.03. The summed E-state index contributed by atoms with van der Waals surface area (Å²) in [5.74, 6) is 0.640. The monoisotopic (exact) mass is 449 g/mol. The Balaban J connectivity index is 1.70. The molecule has 9 heteroatoms. The summed E-state index contributed by atoms with van der Waals surface area (Å²) in [5, 5.41) is 15.1. The van der Waals surface area contributed by atoms with E-state index in [1.165, 1.54) is 12.1 Å². The van der Waals surface area contributed by atoms with Crippen molar-refractivity contribution in [3.8, 4) is 5.75 Å². The molecule has 1 atom stereocenters. The van der Waals surface area contributed by atoms with Crippen molar-refractivity contribution in [2.24, 2.45) is 0 Å². The molecule has 3 rings (SSSR count). The Hall–Kier alpha value is -2.62. The number of aliphatic hydroxyl groups is 1. The third-order valence-electron chi connectivity index (χ3n) is 4.49. The molecule has 0 fully saturated rings. The summed E-state index contributed by atoms with van der Waals surface area (Å²) in [6.45, 7) is 0.0160. The first-order chi connectivity index (χ1) is 14.1. The quantitative estimate of drug-likeness (QED) is 0.544. The van der Waals surface area contributed by atoms with Crippen LogP contribution >= 0.6 is 0 Å².